The Bertz CT molecular complexity index is 1690. The molecule has 0 spiro atoms. The Morgan fingerprint density at radius 2 is 1.93 bits per heavy atom. The minimum atomic E-state index is -0.598. The summed E-state index contributed by atoms with van der Waals surface area (Å²) in [5.41, 5.74) is 3.69. The summed E-state index contributed by atoms with van der Waals surface area (Å²) in [4.78, 5) is 37.7. The summed E-state index contributed by atoms with van der Waals surface area (Å²) in [6.45, 7) is 2.41. The molecule has 4 aromatic rings. The standard InChI is InChI=1S/C30H26N4O5S/c1-2-39-30(36)27-24-8-4-6-10-26(24)40-29(27)32-28(35)20(16-31)15-21-18-33(25-9-5-3-7-23(21)25)17-19-11-13-22(14-12-19)34(37)38/h3,5,7,9,11-15,18H,2,4,6,8,10,17H2,1H3,(H,32,35). The van der Waals surface area contributed by atoms with Crippen LogP contribution in [-0.2, 0) is 28.9 Å². The number of para-hydroxylation sites is 1. The zero-order chi connectivity index (χ0) is 28.2. The van der Waals surface area contributed by atoms with Gasteiger partial charge in [-0.25, -0.2) is 4.79 Å². The molecule has 0 aliphatic heterocycles. The van der Waals surface area contributed by atoms with Crippen LogP contribution in [-0.4, -0.2) is 28.0 Å². The van der Waals surface area contributed by atoms with Crippen LogP contribution in [0.4, 0.5) is 10.7 Å². The zero-order valence-corrected chi connectivity index (χ0v) is 22.6. The van der Waals surface area contributed by atoms with E-state index in [2.05, 4.69) is 5.32 Å². The monoisotopic (exact) mass is 554 g/mol. The Morgan fingerprint density at radius 3 is 2.65 bits per heavy atom. The zero-order valence-electron chi connectivity index (χ0n) is 21.8. The van der Waals surface area contributed by atoms with Crippen molar-refractivity contribution in [3.63, 3.8) is 0 Å². The summed E-state index contributed by atoms with van der Waals surface area (Å²) in [6.07, 6.45) is 6.99. The van der Waals surface area contributed by atoms with Gasteiger partial charge in [0, 0.05) is 46.2 Å². The van der Waals surface area contributed by atoms with Gasteiger partial charge in [-0.15, -0.1) is 11.3 Å². The molecule has 1 aliphatic carbocycles. The highest BCUT2D eigenvalue weighted by Gasteiger charge is 2.28. The fourth-order valence-corrected chi connectivity index (χ4v) is 6.26. The molecule has 0 saturated heterocycles. The normalized spacial score (nSPS) is 12.9. The molecule has 2 aromatic heterocycles. The van der Waals surface area contributed by atoms with E-state index < -0.39 is 16.8 Å². The highest BCUT2D eigenvalue weighted by Crippen LogP contribution is 2.39. The fourth-order valence-electron chi connectivity index (χ4n) is 4.99. The van der Waals surface area contributed by atoms with Crippen LogP contribution in [0.25, 0.3) is 17.0 Å². The number of hydrogen-bond acceptors (Lipinski definition) is 7. The average Bonchev–Trinajstić information content (AvgIpc) is 3.49. The van der Waals surface area contributed by atoms with E-state index in [1.807, 2.05) is 41.1 Å². The van der Waals surface area contributed by atoms with Gasteiger partial charge >= 0.3 is 5.97 Å². The number of nitro benzene ring substituents is 1. The molecule has 1 aliphatic rings. The van der Waals surface area contributed by atoms with Crippen molar-refractivity contribution in [3.8, 4) is 6.07 Å². The Morgan fingerprint density at radius 1 is 1.18 bits per heavy atom. The van der Waals surface area contributed by atoms with Gasteiger partial charge in [-0.3, -0.25) is 14.9 Å². The van der Waals surface area contributed by atoms with Crippen LogP contribution in [0.1, 0.15) is 51.7 Å². The minimum absolute atomic E-state index is 0.0205. The molecule has 10 heteroatoms. The number of carbonyl (C=O) groups excluding carboxylic acids is 2. The van der Waals surface area contributed by atoms with Gasteiger partial charge in [0.25, 0.3) is 11.6 Å². The summed E-state index contributed by atoms with van der Waals surface area (Å²) < 4.78 is 7.25. The van der Waals surface area contributed by atoms with Gasteiger partial charge in [0.2, 0.25) is 0 Å². The lowest BCUT2D eigenvalue weighted by atomic mass is 9.95. The van der Waals surface area contributed by atoms with E-state index in [4.69, 9.17) is 4.74 Å². The molecule has 202 valence electrons. The first-order valence-electron chi connectivity index (χ1n) is 13.0. The van der Waals surface area contributed by atoms with E-state index in [9.17, 15) is 25.0 Å². The van der Waals surface area contributed by atoms with Crippen LogP contribution >= 0.6 is 11.3 Å². The Balaban J connectivity index is 1.46. The maximum absolute atomic E-state index is 13.3. The second-order valence-corrected chi connectivity index (χ2v) is 10.5. The van der Waals surface area contributed by atoms with Gasteiger partial charge in [0.15, 0.2) is 0 Å². The summed E-state index contributed by atoms with van der Waals surface area (Å²) >= 11 is 1.37. The maximum Gasteiger partial charge on any atom is 0.341 e. The number of amides is 1. The predicted molar refractivity (Wildman–Crippen MR) is 153 cm³/mol. The van der Waals surface area contributed by atoms with Crippen LogP contribution in [0, 0.1) is 21.4 Å². The lowest BCUT2D eigenvalue weighted by molar-refractivity contribution is -0.384. The summed E-state index contributed by atoms with van der Waals surface area (Å²) in [6, 6.07) is 16.0. The first kappa shape index (κ1) is 26.8. The molecule has 0 radical (unpaired) electrons. The number of nitriles is 1. The Kier molecular flexibility index (Phi) is 7.75. The first-order chi connectivity index (χ1) is 19.4. The van der Waals surface area contributed by atoms with E-state index in [1.165, 1.54) is 23.5 Å². The van der Waals surface area contributed by atoms with Crippen molar-refractivity contribution in [1.29, 1.82) is 5.26 Å². The number of aromatic nitrogens is 1. The third kappa shape index (κ3) is 5.37. The van der Waals surface area contributed by atoms with E-state index in [0.29, 0.717) is 22.7 Å². The number of thiophene rings is 1. The molecular formula is C30H26N4O5S. The van der Waals surface area contributed by atoms with E-state index >= 15 is 0 Å². The minimum Gasteiger partial charge on any atom is -0.462 e. The SMILES string of the molecule is CCOC(=O)c1c(NC(=O)C(C#N)=Cc2cn(Cc3ccc([N+](=O)[O-])cc3)c3ccccc23)sc2c1CCCC2. The van der Waals surface area contributed by atoms with Crippen molar-refractivity contribution < 1.29 is 19.2 Å². The molecule has 0 fully saturated rings. The molecule has 0 saturated carbocycles. The van der Waals surface area contributed by atoms with E-state index in [1.54, 1.807) is 25.1 Å². The first-order valence-corrected chi connectivity index (χ1v) is 13.8. The third-order valence-electron chi connectivity index (χ3n) is 6.86. The van der Waals surface area contributed by atoms with Crippen LogP contribution in [0.3, 0.4) is 0 Å². The lowest BCUT2D eigenvalue weighted by Gasteiger charge is -2.12. The molecule has 1 N–H and O–H groups in total. The van der Waals surface area contributed by atoms with Crippen molar-refractivity contribution in [2.45, 2.75) is 39.2 Å². The van der Waals surface area contributed by atoms with Crippen molar-refractivity contribution in [1.82, 2.24) is 4.57 Å². The van der Waals surface area contributed by atoms with Gasteiger partial charge in [-0.05, 0) is 55.9 Å². The number of hydrogen-bond donors (Lipinski definition) is 1. The number of carbonyl (C=O) groups is 2. The lowest BCUT2D eigenvalue weighted by Crippen LogP contribution is -2.16. The third-order valence-corrected chi connectivity index (χ3v) is 8.07. The molecule has 2 aromatic carbocycles. The summed E-state index contributed by atoms with van der Waals surface area (Å²) in [5, 5.41) is 25.0. The van der Waals surface area contributed by atoms with Crippen molar-refractivity contribution in [2.75, 3.05) is 11.9 Å². The van der Waals surface area contributed by atoms with Crippen LogP contribution < -0.4 is 5.32 Å². The highest BCUT2D eigenvalue weighted by molar-refractivity contribution is 7.17. The smallest absolute Gasteiger partial charge is 0.341 e. The average molecular weight is 555 g/mol. The number of benzene rings is 2. The highest BCUT2D eigenvalue weighted by atomic mass is 32.1. The quantitative estimate of drug-likeness (QED) is 0.0900. The molecular weight excluding hydrogens is 528 g/mol. The number of non-ortho nitro benzene ring substituents is 1. The molecule has 1 amide bonds. The Hall–Kier alpha value is -4.75. The molecule has 40 heavy (non-hydrogen) atoms. The van der Waals surface area contributed by atoms with Crippen LogP contribution in [0.2, 0.25) is 0 Å². The van der Waals surface area contributed by atoms with Crippen molar-refractivity contribution in [2.24, 2.45) is 0 Å². The largest absolute Gasteiger partial charge is 0.462 e. The summed E-state index contributed by atoms with van der Waals surface area (Å²) in [7, 11) is 0. The fraction of sp³-hybridized carbons (Fsp3) is 0.233. The number of fused-ring (bicyclic) bond motifs is 2. The van der Waals surface area contributed by atoms with Crippen LogP contribution in [0.5, 0.6) is 0 Å². The van der Waals surface area contributed by atoms with Gasteiger partial charge in [-0.1, -0.05) is 30.3 Å². The second kappa shape index (κ2) is 11.6. The number of nitrogens with one attached hydrogen (secondary N) is 1. The van der Waals surface area contributed by atoms with Gasteiger partial charge in [0.1, 0.15) is 16.6 Å². The molecule has 5 rings (SSSR count). The number of esters is 1. The van der Waals surface area contributed by atoms with Crippen molar-refractivity contribution in [3.05, 3.63) is 97.5 Å². The van der Waals surface area contributed by atoms with Crippen molar-refractivity contribution >= 4 is 50.9 Å². The molecule has 0 unspecified atom stereocenters. The predicted octanol–water partition coefficient (Wildman–Crippen LogP) is 6.26. The van der Waals surface area contributed by atoms with Gasteiger partial charge < -0.3 is 14.6 Å². The summed E-state index contributed by atoms with van der Waals surface area (Å²) in [5.74, 6) is -1.06. The Labute approximate surface area is 234 Å². The number of anilines is 1. The number of nitrogens with zero attached hydrogens (tertiary/aromatic N) is 3. The van der Waals surface area contributed by atoms with E-state index in [-0.39, 0.29) is 17.9 Å². The number of rotatable bonds is 8. The van der Waals surface area contributed by atoms with Gasteiger partial charge in [-0.2, -0.15) is 5.26 Å². The maximum atomic E-state index is 13.3. The number of ether oxygens (including phenoxy) is 1. The topological polar surface area (TPSA) is 127 Å². The molecule has 9 nitrogen and oxygen atoms in total. The number of nitro groups is 1. The number of aryl methyl sites for hydroxylation is 1. The molecule has 0 atom stereocenters. The van der Waals surface area contributed by atoms with Crippen LogP contribution in [0.15, 0.2) is 60.3 Å². The van der Waals surface area contributed by atoms with E-state index in [0.717, 1.165) is 52.6 Å². The second-order valence-electron chi connectivity index (χ2n) is 9.41. The van der Waals surface area contributed by atoms with Gasteiger partial charge in [0.05, 0.1) is 17.1 Å². The molecule has 2 heterocycles. The molecule has 0 bridgehead atoms.